The maximum Gasteiger partial charge on any atom is 0.272 e. The van der Waals surface area contributed by atoms with E-state index in [0.717, 1.165) is 23.0 Å². The molecular formula is C21H25N7O3. The van der Waals surface area contributed by atoms with E-state index in [1.807, 2.05) is 31.3 Å². The molecule has 0 bridgehead atoms. The normalized spacial score (nSPS) is 21.3. The third-order valence-electron chi connectivity index (χ3n) is 6.09. The molecule has 1 amide bonds. The van der Waals surface area contributed by atoms with E-state index in [2.05, 4.69) is 29.9 Å². The molecule has 2 aromatic heterocycles. The van der Waals surface area contributed by atoms with Crippen LogP contribution >= 0.6 is 0 Å². The molecule has 2 N–H and O–H groups in total. The maximum absolute atomic E-state index is 13.0. The number of nitrogens with one attached hydrogen (secondary N) is 1. The van der Waals surface area contributed by atoms with Gasteiger partial charge in [-0.25, -0.2) is 0 Å². The molecule has 31 heavy (non-hydrogen) atoms. The van der Waals surface area contributed by atoms with Gasteiger partial charge in [0.2, 0.25) is 0 Å². The predicted molar refractivity (Wildman–Crippen MR) is 111 cm³/mol. The van der Waals surface area contributed by atoms with E-state index in [1.165, 1.54) is 0 Å². The van der Waals surface area contributed by atoms with Gasteiger partial charge in [0, 0.05) is 25.2 Å². The van der Waals surface area contributed by atoms with Crippen molar-refractivity contribution in [2.45, 2.75) is 31.7 Å². The number of rotatable bonds is 4. The molecule has 1 saturated heterocycles. The van der Waals surface area contributed by atoms with Crippen molar-refractivity contribution in [1.82, 2.24) is 34.8 Å². The van der Waals surface area contributed by atoms with Gasteiger partial charge in [-0.15, -0.1) is 10.2 Å². The van der Waals surface area contributed by atoms with Crippen molar-refractivity contribution in [3.63, 3.8) is 0 Å². The molecule has 0 aliphatic carbocycles. The van der Waals surface area contributed by atoms with Crippen molar-refractivity contribution in [2.24, 2.45) is 0 Å². The van der Waals surface area contributed by atoms with Crippen molar-refractivity contribution < 1.29 is 14.6 Å². The van der Waals surface area contributed by atoms with Gasteiger partial charge in [0.1, 0.15) is 11.4 Å². The lowest BCUT2D eigenvalue weighted by Gasteiger charge is -2.28. The third kappa shape index (κ3) is 3.57. The number of aromatic nitrogens is 5. The van der Waals surface area contributed by atoms with Crippen LogP contribution in [0.15, 0.2) is 30.3 Å². The molecule has 5 rings (SSSR count). The van der Waals surface area contributed by atoms with Crippen molar-refractivity contribution >= 4 is 5.91 Å². The van der Waals surface area contributed by atoms with Crippen molar-refractivity contribution in [1.29, 1.82) is 0 Å². The highest BCUT2D eigenvalue weighted by Gasteiger charge is 2.35. The van der Waals surface area contributed by atoms with Crippen LogP contribution in [0.25, 0.3) is 11.3 Å². The topological polar surface area (TPSA) is 112 Å². The summed E-state index contributed by atoms with van der Waals surface area (Å²) >= 11 is 0. The van der Waals surface area contributed by atoms with Crippen molar-refractivity contribution in [3.8, 4) is 17.0 Å². The van der Waals surface area contributed by atoms with E-state index >= 15 is 0 Å². The summed E-state index contributed by atoms with van der Waals surface area (Å²) in [5.41, 5.74) is 2.05. The number of carbonyl (C=O) groups excluding carboxylic acids is 1. The van der Waals surface area contributed by atoms with Crippen LogP contribution < -0.4 is 4.74 Å². The molecule has 0 unspecified atom stereocenters. The Morgan fingerprint density at radius 3 is 2.74 bits per heavy atom. The number of aliphatic hydroxyl groups excluding tert-OH is 1. The number of β-amino-alcohol motifs (C(OH)–C–C–N with tert-alkyl or cyclic N) is 1. The quantitative estimate of drug-likeness (QED) is 0.645. The minimum atomic E-state index is -0.343. The number of H-pyrrole nitrogens is 1. The smallest absolute Gasteiger partial charge is 0.272 e. The van der Waals surface area contributed by atoms with Crippen LogP contribution in [0.4, 0.5) is 0 Å². The van der Waals surface area contributed by atoms with Gasteiger partial charge in [0.25, 0.3) is 5.91 Å². The number of likely N-dealkylation sites (N-methyl/N-ethyl adjacent to an activating group) is 1. The van der Waals surface area contributed by atoms with E-state index < -0.39 is 0 Å². The Kier molecular flexibility index (Phi) is 4.95. The van der Waals surface area contributed by atoms with Gasteiger partial charge in [-0.3, -0.25) is 14.8 Å². The fourth-order valence-electron chi connectivity index (χ4n) is 4.39. The van der Waals surface area contributed by atoms with Gasteiger partial charge < -0.3 is 19.3 Å². The molecule has 0 radical (unpaired) electrons. The number of hydrogen-bond acceptors (Lipinski definition) is 7. The first-order chi connectivity index (χ1) is 15.0. The van der Waals surface area contributed by atoms with E-state index in [4.69, 9.17) is 4.74 Å². The molecule has 1 aromatic carbocycles. The zero-order chi connectivity index (χ0) is 21.5. The zero-order valence-electron chi connectivity index (χ0n) is 17.5. The molecule has 0 spiro atoms. The van der Waals surface area contributed by atoms with Crippen LogP contribution in [0.1, 0.15) is 34.6 Å². The van der Waals surface area contributed by atoms with Crippen LogP contribution in [0.5, 0.6) is 5.75 Å². The molecule has 0 saturated carbocycles. The lowest BCUT2D eigenvalue weighted by molar-refractivity contribution is 0.0699. The van der Waals surface area contributed by atoms with Crippen LogP contribution in [0.3, 0.4) is 0 Å². The van der Waals surface area contributed by atoms with Crippen molar-refractivity contribution in [2.75, 3.05) is 27.2 Å². The second-order valence-electron chi connectivity index (χ2n) is 8.09. The molecule has 2 atom stereocenters. The first-order valence-corrected chi connectivity index (χ1v) is 10.3. The summed E-state index contributed by atoms with van der Waals surface area (Å²) in [4.78, 5) is 16.9. The van der Waals surface area contributed by atoms with Gasteiger partial charge >= 0.3 is 0 Å². The molecular weight excluding hydrogens is 398 g/mol. The second-order valence-corrected chi connectivity index (χ2v) is 8.09. The number of ether oxygens (including phenoxy) is 1. The molecule has 2 aliphatic heterocycles. The van der Waals surface area contributed by atoms with E-state index in [9.17, 15) is 9.90 Å². The molecule has 10 nitrogen and oxygen atoms in total. The summed E-state index contributed by atoms with van der Waals surface area (Å²) in [7, 11) is 3.61. The minimum Gasteiger partial charge on any atom is -0.497 e. The summed E-state index contributed by atoms with van der Waals surface area (Å²) in [5.74, 6) is 2.28. The minimum absolute atomic E-state index is 0.0539. The third-order valence-corrected chi connectivity index (χ3v) is 6.09. The first kappa shape index (κ1) is 19.7. The zero-order valence-corrected chi connectivity index (χ0v) is 17.5. The largest absolute Gasteiger partial charge is 0.497 e. The lowest BCUT2D eigenvalue weighted by Crippen LogP contribution is -2.39. The number of likely N-dealkylation sites (tertiary alicyclic amines) is 1. The van der Waals surface area contributed by atoms with Crippen LogP contribution in [-0.2, 0) is 13.1 Å². The molecule has 1 fully saturated rings. The van der Waals surface area contributed by atoms with Gasteiger partial charge in [0.15, 0.2) is 11.6 Å². The average Bonchev–Trinajstić information content (AvgIpc) is 3.51. The molecule has 3 aromatic rings. The van der Waals surface area contributed by atoms with Crippen molar-refractivity contribution in [3.05, 3.63) is 47.7 Å². The van der Waals surface area contributed by atoms with Crippen LogP contribution in [-0.4, -0.2) is 79.1 Å². The molecule has 2 aliphatic rings. The fourth-order valence-corrected chi connectivity index (χ4v) is 4.39. The number of methoxy groups -OCH3 is 1. The molecule has 10 heteroatoms. The van der Waals surface area contributed by atoms with Gasteiger partial charge in [0.05, 0.1) is 31.5 Å². The summed E-state index contributed by atoms with van der Waals surface area (Å²) < 4.78 is 7.27. The number of benzene rings is 1. The number of aliphatic hydroxyl groups is 1. The highest BCUT2D eigenvalue weighted by atomic mass is 16.5. The van der Waals surface area contributed by atoms with Gasteiger partial charge in [-0.1, -0.05) is 0 Å². The number of aromatic amines is 1. The summed E-state index contributed by atoms with van der Waals surface area (Å²) in [6.45, 7) is 2.21. The number of nitrogens with zero attached hydrogens (tertiary/aromatic N) is 6. The highest BCUT2D eigenvalue weighted by molar-refractivity contribution is 5.93. The van der Waals surface area contributed by atoms with E-state index in [1.54, 1.807) is 18.1 Å². The Labute approximate surface area is 179 Å². The lowest BCUT2D eigenvalue weighted by atomic mass is 10.1. The fraction of sp³-hybridized carbons (Fsp3) is 0.429. The number of fused-ring (bicyclic) bond motifs is 1. The van der Waals surface area contributed by atoms with Crippen LogP contribution in [0.2, 0.25) is 0 Å². The number of carbonyl (C=O) groups is 1. The molecule has 162 valence electrons. The summed E-state index contributed by atoms with van der Waals surface area (Å²) in [6.07, 6.45) is 0.310. The Morgan fingerprint density at radius 1 is 1.23 bits per heavy atom. The SMILES string of the molecule is COc1ccc(-c2cc(C(=O)N3CCn4c(nnc4[C@@H]4C[C@@H](O)CN4C)C3)[nH]n2)cc1. The number of amides is 1. The highest BCUT2D eigenvalue weighted by Crippen LogP contribution is 2.31. The Hall–Kier alpha value is -3.24. The predicted octanol–water partition coefficient (Wildman–Crippen LogP) is 1.07. The van der Waals surface area contributed by atoms with Gasteiger partial charge in [-0.2, -0.15) is 5.10 Å². The Balaban J connectivity index is 1.31. The molecule has 4 heterocycles. The first-order valence-electron chi connectivity index (χ1n) is 10.3. The Morgan fingerprint density at radius 2 is 2.03 bits per heavy atom. The van der Waals surface area contributed by atoms with Gasteiger partial charge in [-0.05, 0) is 43.8 Å². The van der Waals surface area contributed by atoms with Crippen LogP contribution in [0, 0.1) is 0 Å². The number of hydrogen-bond donors (Lipinski definition) is 2. The monoisotopic (exact) mass is 423 g/mol. The second kappa shape index (κ2) is 7.78. The van der Waals surface area contributed by atoms with E-state index in [0.29, 0.717) is 44.0 Å². The Bertz CT molecular complexity index is 1090. The standard InChI is InChI=1S/C21H25N7O3/c1-26-11-14(29)9-18(26)20-25-24-19-12-27(7-8-28(19)20)21(30)17-10-16(22-23-17)13-3-5-15(31-2)6-4-13/h3-6,10,14,18,29H,7-9,11-12H2,1-2H3,(H,22,23)/t14-,18+/m1/s1. The summed E-state index contributed by atoms with van der Waals surface area (Å²) in [6, 6.07) is 9.36. The summed E-state index contributed by atoms with van der Waals surface area (Å²) in [5, 5.41) is 25.8. The average molecular weight is 423 g/mol. The maximum atomic E-state index is 13.0. The van der Waals surface area contributed by atoms with E-state index in [-0.39, 0.29) is 18.1 Å².